The van der Waals surface area contributed by atoms with Crippen LogP contribution in [0.25, 0.3) is 0 Å². The predicted molar refractivity (Wildman–Crippen MR) is 145 cm³/mol. The number of anilines is 1. The van der Waals surface area contributed by atoms with Gasteiger partial charge in [-0.15, -0.1) is 0 Å². The molecule has 36 heavy (non-hydrogen) atoms. The number of pyridine rings is 1. The molecular weight excluding hydrogens is 587 g/mol. The van der Waals surface area contributed by atoms with Crippen molar-refractivity contribution in [1.82, 2.24) is 17.1 Å². The van der Waals surface area contributed by atoms with Crippen molar-refractivity contribution in [2.24, 2.45) is 0 Å². The molecule has 1 aliphatic heterocycles. The first kappa shape index (κ1) is 24.4. The summed E-state index contributed by atoms with van der Waals surface area (Å²) in [4.78, 5) is 11.1. The maximum atomic E-state index is 14.0. The van der Waals surface area contributed by atoms with E-state index < -0.39 is 10.0 Å². The Bertz CT molecular complexity index is 1500. The van der Waals surface area contributed by atoms with E-state index in [-0.39, 0.29) is 17.5 Å². The molecule has 1 atom stereocenters. The number of benzene rings is 2. The van der Waals surface area contributed by atoms with Gasteiger partial charge in [0.15, 0.2) is 0 Å². The molecule has 0 fully saturated rings. The van der Waals surface area contributed by atoms with Crippen LogP contribution < -0.4 is 4.90 Å². The van der Waals surface area contributed by atoms with Crippen LogP contribution in [0.5, 0.6) is 0 Å². The number of rotatable bonds is 7. The largest absolute Gasteiger partial charge is 0.364 e. The fourth-order valence-electron chi connectivity index (χ4n) is 4.57. The highest BCUT2D eigenvalue weighted by molar-refractivity contribution is 14.1. The lowest BCUT2D eigenvalue weighted by atomic mass is 9.95. The van der Waals surface area contributed by atoms with E-state index in [0.717, 1.165) is 22.5 Å². The summed E-state index contributed by atoms with van der Waals surface area (Å²) in [6.45, 7) is 1.20. The van der Waals surface area contributed by atoms with Crippen molar-refractivity contribution in [3.05, 3.63) is 108 Å². The van der Waals surface area contributed by atoms with Gasteiger partial charge in [-0.25, -0.2) is 13.4 Å². The van der Waals surface area contributed by atoms with Crippen LogP contribution in [-0.4, -0.2) is 38.1 Å². The minimum Gasteiger partial charge on any atom is -0.364 e. The molecule has 0 spiro atoms. The fraction of sp³-hybridized carbons (Fsp3) is 0.192. The summed E-state index contributed by atoms with van der Waals surface area (Å²) in [5.41, 5.74) is 4.18. The molecule has 0 amide bonds. The van der Waals surface area contributed by atoms with Crippen molar-refractivity contribution in [3.8, 4) is 6.07 Å². The van der Waals surface area contributed by atoms with Gasteiger partial charge in [-0.3, -0.25) is 7.76 Å². The topological polar surface area (TPSA) is 95.1 Å². The third-order valence-electron chi connectivity index (χ3n) is 6.21. The highest BCUT2D eigenvalue weighted by Crippen LogP contribution is 2.33. The Labute approximate surface area is 224 Å². The molecule has 0 radical (unpaired) electrons. The zero-order chi connectivity index (χ0) is 25.1. The second kappa shape index (κ2) is 10.4. The molecule has 4 aromatic rings. The average molecular weight is 610 g/mol. The third kappa shape index (κ3) is 5.13. The Hall–Kier alpha value is -3.27. The number of halogens is 1. The first-order valence-corrected chi connectivity index (χ1v) is 13.8. The second-order valence-electron chi connectivity index (χ2n) is 8.63. The predicted octanol–water partition coefficient (Wildman–Crippen LogP) is 4.17. The summed E-state index contributed by atoms with van der Waals surface area (Å²) in [7, 11) is -3.82. The molecule has 3 heterocycles. The van der Waals surface area contributed by atoms with E-state index in [9.17, 15) is 13.7 Å². The minimum atomic E-state index is -3.82. The van der Waals surface area contributed by atoms with Crippen LogP contribution >= 0.6 is 22.9 Å². The van der Waals surface area contributed by atoms with Crippen LogP contribution in [0, 0.1) is 11.3 Å². The Morgan fingerprint density at radius 1 is 1.14 bits per heavy atom. The highest BCUT2D eigenvalue weighted by atomic mass is 127. The lowest BCUT2D eigenvalue weighted by molar-refractivity contribution is 0.302. The maximum absolute atomic E-state index is 14.0. The first-order chi connectivity index (χ1) is 17.4. The van der Waals surface area contributed by atoms with Crippen molar-refractivity contribution >= 4 is 38.6 Å². The lowest BCUT2D eigenvalue weighted by Crippen LogP contribution is -2.50. The molecule has 0 aliphatic carbocycles. The summed E-state index contributed by atoms with van der Waals surface area (Å²) in [6, 6.07) is 19.7. The standard InChI is InChI=1S/C26H23IN6O2S/c27-32-17-23(30-19-32)16-31-18-24(12-22-11-20(13-28)8-9-26(22)31)33(15-21-5-4-10-29-14-21)36(34,35)25-6-2-1-3-7-25/h1-11,14,17,19,24H,12,15-16,18H2. The zero-order valence-corrected chi connectivity index (χ0v) is 22.2. The summed E-state index contributed by atoms with van der Waals surface area (Å²) < 4.78 is 31.4. The van der Waals surface area contributed by atoms with Gasteiger partial charge in [-0.2, -0.15) is 9.57 Å². The number of hydrogen-bond donors (Lipinski definition) is 0. The van der Waals surface area contributed by atoms with Gasteiger partial charge >= 0.3 is 0 Å². The Morgan fingerprint density at radius 3 is 2.67 bits per heavy atom. The lowest BCUT2D eigenvalue weighted by Gasteiger charge is -2.40. The molecular formula is C26H23IN6O2S. The molecule has 0 saturated carbocycles. The van der Waals surface area contributed by atoms with Gasteiger partial charge < -0.3 is 4.90 Å². The van der Waals surface area contributed by atoms with Crippen molar-refractivity contribution in [2.75, 3.05) is 11.4 Å². The Kier molecular flexibility index (Phi) is 7.04. The van der Waals surface area contributed by atoms with Gasteiger partial charge in [0.05, 0.1) is 51.6 Å². The highest BCUT2D eigenvalue weighted by Gasteiger charge is 2.36. The van der Waals surface area contributed by atoms with Crippen molar-refractivity contribution in [2.45, 2.75) is 30.4 Å². The molecule has 2 aromatic heterocycles. The van der Waals surface area contributed by atoms with Crippen LogP contribution in [0.3, 0.4) is 0 Å². The van der Waals surface area contributed by atoms with Gasteiger partial charge in [-0.05, 0) is 53.9 Å². The fourth-order valence-corrected chi connectivity index (χ4v) is 6.64. The van der Waals surface area contributed by atoms with Crippen LogP contribution in [0.4, 0.5) is 5.69 Å². The van der Waals surface area contributed by atoms with Crippen molar-refractivity contribution in [1.29, 1.82) is 5.26 Å². The van der Waals surface area contributed by atoms with Crippen LogP contribution in [0.1, 0.15) is 22.4 Å². The molecule has 1 aliphatic rings. The van der Waals surface area contributed by atoms with Gasteiger partial charge in [0.2, 0.25) is 10.0 Å². The summed E-state index contributed by atoms with van der Waals surface area (Å²) >= 11 is 2.15. The van der Waals surface area contributed by atoms with Crippen LogP contribution in [0.2, 0.25) is 0 Å². The summed E-state index contributed by atoms with van der Waals surface area (Å²) in [5, 5.41) is 9.50. The number of sulfonamides is 1. The van der Waals surface area contributed by atoms with Crippen LogP contribution in [0.15, 0.2) is 90.5 Å². The molecule has 2 aromatic carbocycles. The number of imidazole rings is 1. The van der Waals surface area contributed by atoms with Crippen LogP contribution in [-0.2, 0) is 29.5 Å². The molecule has 182 valence electrons. The van der Waals surface area contributed by atoms with E-state index in [1.54, 1.807) is 59.4 Å². The van der Waals surface area contributed by atoms with E-state index in [1.165, 1.54) is 0 Å². The molecule has 0 bridgehead atoms. The number of aromatic nitrogens is 3. The van der Waals surface area contributed by atoms with E-state index in [0.29, 0.717) is 25.1 Å². The van der Waals surface area contributed by atoms with Crippen molar-refractivity contribution < 1.29 is 8.42 Å². The van der Waals surface area contributed by atoms with E-state index >= 15 is 0 Å². The third-order valence-corrected chi connectivity index (χ3v) is 8.65. The molecule has 5 rings (SSSR count). The Morgan fingerprint density at radius 2 is 1.97 bits per heavy atom. The van der Waals surface area contributed by atoms with Gasteiger partial charge in [0.25, 0.3) is 0 Å². The smallest absolute Gasteiger partial charge is 0.243 e. The number of nitrogens with zero attached hydrogens (tertiary/aromatic N) is 6. The molecule has 10 heteroatoms. The number of nitriles is 1. The van der Waals surface area contributed by atoms with E-state index in [2.05, 4.69) is 43.8 Å². The average Bonchev–Trinajstić information content (AvgIpc) is 3.32. The minimum absolute atomic E-state index is 0.194. The number of hydrogen-bond acceptors (Lipinski definition) is 6. The monoisotopic (exact) mass is 610 g/mol. The van der Waals surface area contributed by atoms with Gasteiger partial charge in [-0.1, -0.05) is 24.3 Å². The quantitative estimate of drug-likeness (QED) is 0.292. The zero-order valence-electron chi connectivity index (χ0n) is 19.3. The molecule has 0 saturated heterocycles. The molecule has 8 nitrogen and oxygen atoms in total. The Balaban J connectivity index is 1.57. The van der Waals surface area contributed by atoms with E-state index in [1.807, 2.05) is 33.2 Å². The van der Waals surface area contributed by atoms with Gasteiger partial charge in [0, 0.05) is 43.4 Å². The molecule has 0 N–H and O–H groups in total. The first-order valence-electron chi connectivity index (χ1n) is 11.4. The SMILES string of the molecule is N#Cc1ccc2c(c1)CC(N(Cc1cccnc1)S(=O)(=O)c1ccccc1)CN2Cc1cn(I)cn1. The second-order valence-corrected chi connectivity index (χ2v) is 11.6. The summed E-state index contributed by atoms with van der Waals surface area (Å²) in [6.07, 6.45) is 7.55. The van der Waals surface area contributed by atoms with Gasteiger partial charge in [0.1, 0.15) is 6.33 Å². The normalized spacial score (nSPS) is 15.5. The maximum Gasteiger partial charge on any atom is 0.243 e. The van der Waals surface area contributed by atoms with Crippen molar-refractivity contribution in [3.63, 3.8) is 0 Å². The summed E-state index contributed by atoms with van der Waals surface area (Å²) in [5.74, 6) is 0. The number of fused-ring (bicyclic) bond motifs is 1. The molecule has 1 unspecified atom stereocenters. The van der Waals surface area contributed by atoms with E-state index in [4.69, 9.17) is 0 Å².